The van der Waals surface area contributed by atoms with Crippen molar-refractivity contribution in [3.05, 3.63) is 75.3 Å². The number of nitrogens with one attached hydrogen (secondary N) is 1. The summed E-state index contributed by atoms with van der Waals surface area (Å²) in [6.07, 6.45) is 0. The van der Waals surface area contributed by atoms with E-state index in [0.717, 1.165) is 5.56 Å². The van der Waals surface area contributed by atoms with Crippen molar-refractivity contribution in [2.75, 3.05) is 0 Å². The van der Waals surface area contributed by atoms with Gasteiger partial charge in [0, 0.05) is 6.07 Å². The smallest absolute Gasteiger partial charge is 0.282 e. The molecule has 1 N–H and O–H groups in total. The van der Waals surface area contributed by atoms with E-state index in [1.165, 1.54) is 17.7 Å². The Balaban J connectivity index is 2.15. The van der Waals surface area contributed by atoms with Crippen molar-refractivity contribution in [1.82, 2.24) is 5.32 Å². The molecule has 0 aliphatic rings. The third-order valence-corrected chi connectivity index (χ3v) is 3.80. The highest BCUT2D eigenvalue weighted by molar-refractivity contribution is 5.98. The fourth-order valence-corrected chi connectivity index (χ4v) is 2.35. The van der Waals surface area contributed by atoms with Crippen molar-refractivity contribution in [1.29, 1.82) is 0 Å². The van der Waals surface area contributed by atoms with Gasteiger partial charge in [-0.25, -0.2) is 0 Å². The Morgan fingerprint density at radius 2 is 1.57 bits per heavy atom. The van der Waals surface area contributed by atoms with E-state index in [2.05, 4.69) is 19.2 Å². The lowest BCUT2D eigenvalue weighted by Crippen LogP contribution is -2.27. The summed E-state index contributed by atoms with van der Waals surface area (Å²) in [6.45, 7) is 6.10. The van der Waals surface area contributed by atoms with Crippen LogP contribution in [0, 0.1) is 10.1 Å². The van der Waals surface area contributed by atoms with Gasteiger partial charge >= 0.3 is 0 Å². The summed E-state index contributed by atoms with van der Waals surface area (Å²) in [5.74, 6) is -0.00125. The van der Waals surface area contributed by atoms with Crippen LogP contribution in [0.4, 0.5) is 5.69 Å². The Labute approximate surface area is 135 Å². The fraction of sp³-hybridized carbons (Fsp3) is 0.278. The molecule has 0 heterocycles. The van der Waals surface area contributed by atoms with Crippen LogP contribution < -0.4 is 5.32 Å². The van der Waals surface area contributed by atoms with E-state index in [1.807, 2.05) is 31.2 Å². The molecule has 0 aromatic heterocycles. The Morgan fingerprint density at radius 1 is 1.00 bits per heavy atom. The molecule has 0 radical (unpaired) electrons. The number of hydrogen-bond donors (Lipinski definition) is 1. The van der Waals surface area contributed by atoms with Crippen molar-refractivity contribution >= 4 is 11.6 Å². The van der Waals surface area contributed by atoms with Crippen molar-refractivity contribution in [3.63, 3.8) is 0 Å². The highest BCUT2D eigenvalue weighted by atomic mass is 16.6. The number of para-hydroxylation sites is 1. The quantitative estimate of drug-likeness (QED) is 0.664. The van der Waals surface area contributed by atoms with Crippen molar-refractivity contribution in [3.8, 4) is 0 Å². The number of benzene rings is 2. The zero-order chi connectivity index (χ0) is 17.0. The van der Waals surface area contributed by atoms with Gasteiger partial charge in [0.15, 0.2) is 0 Å². The number of carbonyl (C=O) groups is 1. The predicted molar refractivity (Wildman–Crippen MR) is 89.5 cm³/mol. The predicted octanol–water partition coefficient (Wildman–Crippen LogP) is 4.21. The van der Waals surface area contributed by atoms with Crippen LogP contribution in [-0.4, -0.2) is 10.8 Å². The lowest BCUT2D eigenvalue weighted by Gasteiger charge is -2.15. The van der Waals surface area contributed by atoms with Crippen molar-refractivity contribution < 1.29 is 9.72 Å². The molecule has 23 heavy (non-hydrogen) atoms. The minimum Gasteiger partial charge on any atom is -0.345 e. The second-order valence-electron chi connectivity index (χ2n) is 5.79. The van der Waals surface area contributed by atoms with Crippen molar-refractivity contribution in [2.45, 2.75) is 32.7 Å². The van der Waals surface area contributed by atoms with E-state index in [9.17, 15) is 14.9 Å². The Bertz CT molecular complexity index is 708. The number of amides is 1. The normalized spacial score (nSPS) is 12.0. The number of nitro benzene ring substituents is 1. The monoisotopic (exact) mass is 312 g/mol. The maximum absolute atomic E-state index is 12.3. The van der Waals surface area contributed by atoms with Crippen LogP contribution in [0.15, 0.2) is 48.5 Å². The highest BCUT2D eigenvalue weighted by Crippen LogP contribution is 2.21. The lowest BCUT2D eigenvalue weighted by molar-refractivity contribution is -0.385. The molecule has 2 rings (SSSR count). The number of nitro groups is 1. The van der Waals surface area contributed by atoms with Crippen LogP contribution in [0.2, 0.25) is 0 Å². The molecule has 120 valence electrons. The van der Waals surface area contributed by atoms with Gasteiger partial charge in [-0.2, -0.15) is 0 Å². The zero-order valence-electron chi connectivity index (χ0n) is 13.4. The SMILES string of the molecule is CC(C)c1ccc([C@H](C)NC(=O)c2ccccc2[N+](=O)[O-])cc1. The first-order valence-corrected chi connectivity index (χ1v) is 7.54. The van der Waals surface area contributed by atoms with Gasteiger partial charge in [0.2, 0.25) is 0 Å². The number of hydrogen-bond acceptors (Lipinski definition) is 3. The van der Waals surface area contributed by atoms with Gasteiger partial charge in [-0.15, -0.1) is 0 Å². The standard InChI is InChI=1S/C18H20N2O3/c1-12(2)14-8-10-15(11-9-14)13(3)19-18(21)16-6-4-5-7-17(16)20(22)23/h4-13H,1-3H3,(H,19,21)/t13-/m0/s1. The molecule has 0 saturated carbocycles. The molecule has 0 unspecified atom stereocenters. The molecular formula is C18H20N2O3. The van der Waals surface area contributed by atoms with E-state index >= 15 is 0 Å². The van der Waals surface area contributed by atoms with Crippen LogP contribution in [0.5, 0.6) is 0 Å². The number of nitrogens with zero attached hydrogens (tertiary/aromatic N) is 1. The Kier molecular flexibility index (Phi) is 5.11. The van der Waals surface area contributed by atoms with E-state index < -0.39 is 10.8 Å². The average Bonchev–Trinajstić information content (AvgIpc) is 2.54. The van der Waals surface area contributed by atoms with Crippen LogP contribution in [0.25, 0.3) is 0 Å². The summed E-state index contributed by atoms with van der Waals surface area (Å²) in [7, 11) is 0. The molecule has 0 aliphatic heterocycles. The molecule has 0 aliphatic carbocycles. The maximum atomic E-state index is 12.3. The lowest BCUT2D eigenvalue weighted by atomic mass is 9.99. The Morgan fingerprint density at radius 3 is 2.13 bits per heavy atom. The third kappa shape index (κ3) is 3.94. The summed E-state index contributed by atoms with van der Waals surface area (Å²) >= 11 is 0. The first-order valence-electron chi connectivity index (χ1n) is 7.54. The van der Waals surface area contributed by atoms with E-state index in [4.69, 9.17) is 0 Å². The van der Waals surface area contributed by atoms with Crippen LogP contribution in [0.1, 0.15) is 54.2 Å². The molecular weight excluding hydrogens is 292 g/mol. The first kappa shape index (κ1) is 16.7. The van der Waals surface area contributed by atoms with E-state index in [1.54, 1.807) is 12.1 Å². The summed E-state index contributed by atoms with van der Waals surface area (Å²) in [6, 6.07) is 13.7. The molecule has 1 atom stereocenters. The van der Waals surface area contributed by atoms with Gasteiger partial charge in [-0.05, 0) is 30.0 Å². The van der Waals surface area contributed by atoms with Crippen LogP contribution in [-0.2, 0) is 0 Å². The maximum Gasteiger partial charge on any atom is 0.282 e. The van der Waals surface area contributed by atoms with Gasteiger partial charge in [0.25, 0.3) is 11.6 Å². The summed E-state index contributed by atoms with van der Waals surface area (Å²) in [4.78, 5) is 22.8. The third-order valence-electron chi connectivity index (χ3n) is 3.80. The topological polar surface area (TPSA) is 72.2 Å². The molecule has 5 heteroatoms. The average molecular weight is 312 g/mol. The molecule has 0 spiro atoms. The van der Waals surface area contributed by atoms with Gasteiger partial charge < -0.3 is 5.32 Å². The zero-order valence-corrected chi connectivity index (χ0v) is 13.4. The molecule has 5 nitrogen and oxygen atoms in total. The summed E-state index contributed by atoms with van der Waals surface area (Å²) < 4.78 is 0. The highest BCUT2D eigenvalue weighted by Gasteiger charge is 2.20. The van der Waals surface area contributed by atoms with E-state index in [0.29, 0.717) is 5.92 Å². The fourth-order valence-electron chi connectivity index (χ4n) is 2.35. The van der Waals surface area contributed by atoms with Crippen molar-refractivity contribution in [2.24, 2.45) is 0 Å². The van der Waals surface area contributed by atoms with E-state index in [-0.39, 0.29) is 17.3 Å². The minimum atomic E-state index is -0.545. The second kappa shape index (κ2) is 7.05. The number of carbonyl (C=O) groups excluding carboxylic acids is 1. The van der Waals surface area contributed by atoms with Gasteiger partial charge in [-0.3, -0.25) is 14.9 Å². The largest absolute Gasteiger partial charge is 0.345 e. The van der Waals surface area contributed by atoms with Gasteiger partial charge in [-0.1, -0.05) is 50.2 Å². The second-order valence-corrected chi connectivity index (χ2v) is 5.79. The van der Waals surface area contributed by atoms with Crippen LogP contribution >= 0.6 is 0 Å². The summed E-state index contributed by atoms with van der Waals surface area (Å²) in [5.41, 5.74) is 2.07. The molecule has 1 amide bonds. The van der Waals surface area contributed by atoms with Gasteiger partial charge in [0.05, 0.1) is 11.0 Å². The molecule has 2 aromatic carbocycles. The van der Waals surface area contributed by atoms with Crippen LogP contribution in [0.3, 0.4) is 0 Å². The molecule has 0 bridgehead atoms. The molecule has 2 aromatic rings. The Hall–Kier alpha value is -2.69. The molecule has 0 saturated heterocycles. The minimum absolute atomic E-state index is 0.0724. The molecule has 0 fully saturated rings. The summed E-state index contributed by atoms with van der Waals surface area (Å²) in [5, 5.41) is 13.8. The van der Waals surface area contributed by atoms with Gasteiger partial charge in [0.1, 0.15) is 5.56 Å². The first-order chi connectivity index (χ1) is 10.9. The number of rotatable bonds is 5.